The lowest BCUT2D eigenvalue weighted by Gasteiger charge is -2.09. The molecule has 1 aromatic rings. The Bertz CT molecular complexity index is 384. The molecule has 1 nitrogen and oxygen atoms in total. The lowest BCUT2D eigenvalue weighted by atomic mass is 10.0. The third-order valence-electron chi connectivity index (χ3n) is 3.10. The van der Waals surface area contributed by atoms with Crippen LogP contribution < -0.4 is 0 Å². The SMILES string of the molecule is C[C@@H](O)[C@H]1C[C@@H]1c1cccc(C(F)(F)F)c1. The molecule has 0 aliphatic heterocycles. The Kier molecular flexibility index (Phi) is 2.70. The predicted octanol–water partition coefficient (Wildman–Crippen LogP) is 3.19. The number of aliphatic hydroxyl groups is 1. The summed E-state index contributed by atoms with van der Waals surface area (Å²) in [5.74, 6) is 0.200. The highest BCUT2D eigenvalue weighted by Gasteiger charge is 2.42. The van der Waals surface area contributed by atoms with Crippen LogP contribution in [-0.4, -0.2) is 11.2 Å². The highest BCUT2D eigenvalue weighted by molar-refractivity contribution is 5.32. The quantitative estimate of drug-likeness (QED) is 0.827. The smallest absolute Gasteiger partial charge is 0.393 e. The average Bonchev–Trinajstić information content (AvgIpc) is 2.96. The monoisotopic (exact) mass is 230 g/mol. The molecule has 1 aliphatic rings. The molecular formula is C12H13F3O. The van der Waals surface area contributed by atoms with Crippen LogP contribution in [0.5, 0.6) is 0 Å². The fraction of sp³-hybridized carbons (Fsp3) is 0.500. The van der Waals surface area contributed by atoms with E-state index in [-0.39, 0.29) is 11.8 Å². The van der Waals surface area contributed by atoms with Crippen molar-refractivity contribution in [1.29, 1.82) is 0 Å². The Labute approximate surface area is 91.9 Å². The van der Waals surface area contributed by atoms with Crippen LogP contribution in [0.15, 0.2) is 24.3 Å². The minimum absolute atomic E-state index is 0.0855. The van der Waals surface area contributed by atoms with Gasteiger partial charge in [-0.05, 0) is 36.8 Å². The van der Waals surface area contributed by atoms with Gasteiger partial charge >= 0.3 is 6.18 Å². The van der Waals surface area contributed by atoms with Crippen molar-refractivity contribution < 1.29 is 18.3 Å². The van der Waals surface area contributed by atoms with E-state index in [2.05, 4.69) is 0 Å². The van der Waals surface area contributed by atoms with Crippen molar-refractivity contribution in [2.45, 2.75) is 31.5 Å². The molecule has 0 heterocycles. The summed E-state index contributed by atoms with van der Waals surface area (Å²) in [6.45, 7) is 1.68. The molecule has 1 saturated carbocycles. The first-order chi connectivity index (χ1) is 7.39. The summed E-state index contributed by atoms with van der Waals surface area (Å²) in [7, 11) is 0. The normalized spacial score (nSPS) is 26.6. The van der Waals surface area contributed by atoms with Crippen LogP contribution in [0.3, 0.4) is 0 Å². The molecule has 0 aromatic heterocycles. The van der Waals surface area contributed by atoms with E-state index in [4.69, 9.17) is 0 Å². The van der Waals surface area contributed by atoms with Gasteiger partial charge in [-0.2, -0.15) is 13.2 Å². The highest BCUT2D eigenvalue weighted by atomic mass is 19.4. The number of halogens is 3. The molecule has 0 radical (unpaired) electrons. The van der Waals surface area contributed by atoms with Crippen LogP contribution in [0.2, 0.25) is 0 Å². The molecular weight excluding hydrogens is 217 g/mol. The van der Waals surface area contributed by atoms with Crippen molar-refractivity contribution >= 4 is 0 Å². The van der Waals surface area contributed by atoms with E-state index in [0.29, 0.717) is 5.56 Å². The zero-order valence-corrected chi connectivity index (χ0v) is 8.83. The van der Waals surface area contributed by atoms with Gasteiger partial charge in [0.1, 0.15) is 0 Å². The van der Waals surface area contributed by atoms with E-state index in [9.17, 15) is 18.3 Å². The fourth-order valence-electron chi connectivity index (χ4n) is 2.08. The van der Waals surface area contributed by atoms with Crippen molar-refractivity contribution in [2.24, 2.45) is 5.92 Å². The number of aliphatic hydroxyl groups excluding tert-OH is 1. The van der Waals surface area contributed by atoms with E-state index >= 15 is 0 Å². The molecule has 16 heavy (non-hydrogen) atoms. The van der Waals surface area contributed by atoms with Gasteiger partial charge in [-0.15, -0.1) is 0 Å². The molecule has 2 rings (SSSR count). The predicted molar refractivity (Wildman–Crippen MR) is 54.0 cm³/mol. The maximum Gasteiger partial charge on any atom is 0.416 e. The van der Waals surface area contributed by atoms with Crippen molar-refractivity contribution in [1.82, 2.24) is 0 Å². The Balaban J connectivity index is 2.19. The van der Waals surface area contributed by atoms with Gasteiger partial charge in [0.2, 0.25) is 0 Å². The van der Waals surface area contributed by atoms with Crippen molar-refractivity contribution in [3.05, 3.63) is 35.4 Å². The summed E-state index contributed by atoms with van der Waals surface area (Å²) in [5, 5.41) is 9.33. The van der Waals surface area contributed by atoms with Gasteiger partial charge in [-0.25, -0.2) is 0 Å². The summed E-state index contributed by atoms with van der Waals surface area (Å²) in [4.78, 5) is 0. The third kappa shape index (κ3) is 2.21. The zero-order valence-electron chi connectivity index (χ0n) is 8.83. The standard InChI is InChI=1S/C12H13F3O/c1-7(16)10-6-11(10)8-3-2-4-9(5-8)12(13,14)15/h2-5,7,10-11,16H,6H2,1H3/t7-,10-,11-/m1/s1. The third-order valence-corrected chi connectivity index (χ3v) is 3.10. The van der Waals surface area contributed by atoms with Crippen LogP contribution in [-0.2, 0) is 6.18 Å². The molecule has 1 aliphatic carbocycles. The van der Waals surface area contributed by atoms with Crippen LogP contribution in [0, 0.1) is 5.92 Å². The summed E-state index contributed by atoms with van der Waals surface area (Å²) in [6, 6.07) is 5.38. The summed E-state index contributed by atoms with van der Waals surface area (Å²) in [5.41, 5.74) is 0.0713. The lowest BCUT2D eigenvalue weighted by molar-refractivity contribution is -0.137. The Hall–Kier alpha value is -1.03. The fourth-order valence-corrected chi connectivity index (χ4v) is 2.08. The Morgan fingerprint density at radius 3 is 2.56 bits per heavy atom. The number of benzene rings is 1. The zero-order chi connectivity index (χ0) is 11.9. The van der Waals surface area contributed by atoms with Crippen LogP contribution in [0.25, 0.3) is 0 Å². The first kappa shape index (κ1) is 11.5. The number of hydrogen-bond donors (Lipinski definition) is 1. The molecule has 1 aromatic carbocycles. The summed E-state index contributed by atoms with van der Waals surface area (Å²) >= 11 is 0. The topological polar surface area (TPSA) is 20.2 Å². The molecule has 0 saturated heterocycles. The van der Waals surface area contributed by atoms with E-state index in [1.165, 1.54) is 12.1 Å². The van der Waals surface area contributed by atoms with Crippen molar-refractivity contribution in [2.75, 3.05) is 0 Å². The van der Waals surface area contributed by atoms with E-state index in [0.717, 1.165) is 12.5 Å². The van der Waals surface area contributed by atoms with E-state index in [1.807, 2.05) is 0 Å². The Morgan fingerprint density at radius 2 is 2.06 bits per heavy atom. The number of rotatable bonds is 2. The average molecular weight is 230 g/mol. The molecule has 3 atom stereocenters. The minimum atomic E-state index is -4.29. The number of hydrogen-bond acceptors (Lipinski definition) is 1. The van der Waals surface area contributed by atoms with Gasteiger partial charge in [-0.1, -0.05) is 18.2 Å². The molecule has 0 unspecified atom stereocenters. The Morgan fingerprint density at radius 1 is 1.38 bits per heavy atom. The number of alkyl halides is 3. The minimum Gasteiger partial charge on any atom is -0.393 e. The molecule has 1 fully saturated rings. The molecule has 88 valence electrons. The van der Waals surface area contributed by atoms with E-state index < -0.39 is 17.8 Å². The summed E-state index contributed by atoms with van der Waals surface area (Å²) < 4.78 is 37.4. The molecule has 1 N–H and O–H groups in total. The second-order valence-corrected chi connectivity index (χ2v) is 4.37. The van der Waals surface area contributed by atoms with Gasteiger partial charge in [0.15, 0.2) is 0 Å². The second kappa shape index (κ2) is 3.77. The molecule has 0 bridgehead atoms. The summed E-state index contributed by atoms with van der Waals surface area (Å²) in [6.07, 6.45) is -3.95. The van der Waals surface area contributed by atoms with Gasteiger partial charge in [-0.3, -0.25) is 0 Å². The van der Waals surface area contributed by atoms with Crippen LogP contribution in [0.4, 0.5) is 13.2 Å². The highest BCUT2D eigenvalue weighted by Crippen LogP contribution is 2.50. The maximum absolute atomic E-state index is 12.5. The van der Waals surface area contributed by atoms with Crippen LogP contribution in [0.1, 0.15) is 30.4 Å². The largest absolute Gasteiger partial charge is 0.416 e. The van der Waals surface area contributed by atoms with Gasteiger partial charge in [0.05, 0.1) is 11.7 Å². The van der Waals surface area contributed by atoms with Gasteiger partial charge in [0.25, 0.3) is 0 Å². The molecule has 0 spiro atoms. The first-order valence-electron chi connectivity index (χ1n) is 5.25. The first-order valence-corrected chi connectivity index (χ1v) is 5.25. The molecule has 4 heteroatoms. The second-order valence-electron chi connectivity index (χ2n) is 4.37. The van der Waals surface area contributed by atoms with Crippen molar-refractivity contribution in [3.8, 4) is 0 Å². The van der Waals surface area contributed by atoms with Gasteiger partial charge < -0.3 is 5.11 Å². The van der Waals surface area contributed by atoms with E-state index in [1.54, 1.807) is 13.0 Å². The van der Waals surface area contributed by atoms with Crippen LogP contribution >= 0.6 is 0 Å². The van der Waals surface area contributed by atoms with Crippen molar-refractivity contribution in [3.63, 3.8) is 0 Å². The van der Waals surface area contributed by atoms with Gasteiger partial charge in [0, 0.05) is 0 Å². The maximum atomic E-state index is 12.5. The lowest BCUT2D eigenvalue weighted by Crippen LogP contribution is -2.06. The molecule has 0 amide bonds.